The lowest BCUT2D eigenvalue weighted by Gasteiger charge is -2.15. The zero-order valence-corrected chi connectivity index (χ0v) is 20.2. The molecule has 0 aromatic heterocycles. The van der Waals surface area contributed by atoms with Crippen LogP contribution in [0.25, 0.3) is 0 Å². The summed E-state index contributed by atoms with van der Waals surface area (Å²) in [6.45, 7) is 2.38. The van der Waals surface area contributed by atoms with E-state index in [9.17, 15) is 14.4 Å². The molecule has 186 valence electrons. The summed E-state index contributed by atoms with van der Waals surface area (Å²) >= 11 is 0. The molecule has 4 N–H and O–H groups in total. The average molecular weight is 488 g/mol. The van der Waals surface area contributed by atoms with Gasteiger partial charge in [-0.05, 0) is 52.9 Å². The van der Waals surface area contributed by atoms with Gasteiger partial charge in [-0.1, -0.05) is 43.3 Å². The van der Waals surface area contributed by atoms with Crippen molar-refractivity contribution in [3.05, 3.63) is 83.4 Å². The Bertz CT molecular complexity index is 1270. The number of carboxylic acids is 1. The normalized spacial score (nSPS) is 14.8. The fraction of sp³-hybridized carbons (Fsp3) is 0.250. The Morgan fingerprint density at radius 1 is 1.06 bits per heavy atom. The van der Waals surface area contributed by atoms with Gasteiger partial charge in [-0.25, -0.2) is 0 Å². The summed E-state index contributed by atoms with van der Waals surface area (Å²) in [5.41, 5.74) is 4.74. The Morgan fingerprint density at radius 3 is 2.53 bits per heavy atom. The van der Waals surface area contributed by atoms with Crippen molar-refractivity contribution in [1.29, 1.82) is 0 Å². The average Bonchev–Trinajstić information content (AvgIpc) is 3.29. The lowest BCUT2D eigenvalue weighted by Crippen LogP contribution is -2.23. The van der Waals surface area contributed by atoms with Crippen molar-refractivity contribution in [3.63, 3.8) is 0 Å². The second kappa shape index (κ2) is 10.9. The second-order valence-electron chi connectivity index (χ2n) is 8.89. The van der Waals surface area contributed by atoms with Gasteiger partial charge in [-0.2, -0.15) is 0 Å². The fourth-order valence-corrected chi connectivity index (χ4v) is 4.35. The van der Waals surface area contributed by atoms with Crippen LogP contribution in [0.4, 0.5) is 17.1 Å². The highest BCUT2D eigenvalue weighted by atomic mass is 16.5. The SMILES string of the molecule is COc1cc(CC(=O)Nc2ccc(C(C)CC(=O)O)cc2)ccc1NC(=O)C1CNc2ccccc21. The van der Waals surface area contributed by atoms with E-state index in [0.29, 0.717) is 23.7 Å². The van der Waals surface area contributed by atoms with Crippen LogP contribution >= 0.6 is 0 Å². The monoisotopic (exact) mass is 487 g/mol. The van der Waals surface area contributed by atoms with Crippen molar-refractivity contribution < 1.29 is 24.2 Å². The zero-order chi connectivity index (χ0) is 25.7. The lowest BCUT2D eigenvalue weighted by atomic mass is 9.98. The van der Waals surface area contributed by atoms with Crippen LogP contribution in [0.15, 0.2) is 66.7 Å². The molecule has 3 aromatic rings. The number of benzene rings is 3. The molecule has 0 fully saturated rings. The van der Waals surface area contributed by atoms with Gasteiger partial charge in [-0.15, -0.1) is 0 Å². The number of para-hydroxylation sites is 1. The minimum Gasteiger partial charge on any atom is -0.495 e. The first-order valence-corrected chi connectivity index (χ1v) is 11.8. The molecule has 0 saturated heterocycles. The van der Waals surface area contributed by atoms with Gasteiger partial charge in [0.15, 0.2) is 0 Å². The van der Waals surface area contributed by atoms with Crippen LogP contribution < -0.4 is 20.7 Å². The lowest BCUT2D eigenvalue weighted by molar-refractivity contribution is -0.137. The van der Waals surface area contributed by atoms with E-state index in [4.69, 9.17) is 9.84 Å². The predicted molar refractivity (Wildman–Crippen MR) is 139 cm³/mol. The molecule has 0 aliphatic carbocycles. The van der Waals surface area contributed by atoms with E-state index >= 15 is 0 Å². The molecular weight excluding hydrogens is 458 g/mol. The minimum atomic E-state index is -0.846. The number of fused-ring (bicyclic) bond motifs is 1. The number of amides is 2. The maximum absolute atomic E-state index is 12.9. The van der Waals surface area contributed by atoms with E-state index in [2.05, 4.69) is 16.0 Å². The topological polar surface area (TPSA) is 117 Å². The molecular formula is C28H29N3O5. The van der Waals surface area contributed by atoms with Crippen molar-refractivity contribution in [3.8, 4) is 5.75 Å². The molecule has 1 aliphatic rings. The van der Waals surface area contributed by atoms with Crippen LogP contribution in [0.1, 0.15) is 41.9 Å². The van der Waals surface area contributed by atoms with E-state index in [0.717, 1.165) is 22.4 Å². The van der Waals surface area contributed by atoms with E-state index in [1.165, 1.54) is 7.11 Å². The molecule has 0 bridgehead atoms. The van der Waals surface area contributed by atoms with Crippen LogP contribution in [0, 0.1) is 0 Å². The summed E-state index contributed by atoms with van der Waals surface area (Å²) in [7, 11) is 1.52. The van der Waals surface area contributed by atoms with Gasteiger partial charge in [0.2, 0.25) is 11.8 Å². The Labute approximate surface area is 209 Å². The molecule has 0 spiro atoms. The van der Waals surface area contributed by atoms with Crippen molar-refractivity contribution >= 4 is 34.8 Å². The summed E-state index contributed by atoms with van der Waals surface area (Å²) in [5.74, 6) is -1.11. The molecule has 0 radical (unpaired) electrons. The molecule has 2 amide bonds. The molecule has 1 aliphatic heterocycles. The summed E-state index contributed by atoms with van der Waals surface area (Å²) in [6.07, 6.45) is 0.177. The largest absolute Gasteiger partial charge is 0.495 e. The Kier molecular flexibility index (Phi) is 7.53. The Balaban J connectivity index is 1.37. The molecule has 2 atom stereocenters. The van der Waals surface area contributed by atoms with E-state index in [1.54, 1.807) is 30.3 Å². The van der Waals surface area contributed by atoms with E-state index in [1.807, 2.05) is 43.3 Å². The first kappa shape index (κ1) is 24.8. The van der Waals surface area contributed by atoms with Gasteiger partial charge in [-0.3, -0.25) is 14.4 Å². The zero-order valence-electron chi connectivity index (χ0n) is 20.2. The third-order valence-corrected chi connectivity index (χ3v) is 6.28. The maximum Gasteiger partial charge on any atom is 0.303 e. The first-order valence-electron chi connectivity index (χ1n) is 11.8. The van der Waals surface area contributed by atoms with Gasteiger partial charge in [0, 0.05) is 17.9 Å². The predicted octanol–water partition coefficient (Wildman–Crippen LogP) is 4.60. The molecule has 2 unspecified atom stereocenters. The summed E-state index contributed by atoms with van der Waals surface area (Å²) < 4.78 is 5.48. The molecule has 8 heteroatoms. The van der Waals surface area contributed by atoms with Crippen LogP contribution in [0.3, 0.4) is 0 Å². The number of aliphatic carboxylic acids is 1. The van der Waals surface area contributed by atoms with Gasteiger partial charge in [0.05, 0.1) is 31.6 Å². The number of hydrogen-bond acceptors (Lipinski definition) is 5. The van der Waals surface area contributed by atoms with Gasteiger partial charge in [0.1, 0.15) is 5.75 Å². The quantitative estimate of drug-likeness (QED) is 0.350. The molecule has 1 heterocycles. The molecule has 8 nitrogen and oxygen atoms in total. The minimum absolute atomic E-state index is 0.0504. The molecule has 0 saturated carbocycles. The van der Waals surface area contributed by atoms with Gasteiger partial charge >= 0.3 is 5.97 Å². The molecule has 3 aromatic carbocycles. The number of carbonyl (C=O) groups excluding carboxylic acids is 2. The number of rotatable bonds is 9. The number of nitrogens with one attached hydrogen (secondary N) is 3. The van der Waals surface area contributed by atoms with Crippen LogP contribution in [0.2, 0.25) is 0 Å². The highest BCUT2D eigenvalue weighted by Gasteiger charge is 2.28. The number of ether oxygens (including phenoxy) is 1. The van der Waals surface area contributed by atoms with Crippen LogP contribution in [0.5, 0.6) is 5.75 Å². The number of carboxylic acid groups (broad SMARTS) is 1. The van der Waals surface area contributed by atoms with E-state index in [-0.39, 0.29) is 36.5 Å². The summed E-state index contributed by atoms with van der Waals surface area (Å²) in [5, 5.41) is 18.0. The third kappa shape index (κ3) is 5.83. The first-order chi connectivity index (χ1) is 17.3. The highest BCUT2D eigenvalue weighted by Crippen LogP contribution is 2.33. The summed E-state index contributed by atoms with van der Waals surface area (Å²) in [6, 6.07) is 20.2. The number of hydrogen-bond donors (Lipinski definition) is 4. The number of methoxy groups -OCH3 is 1. The fourth-order valence-electron chi connectivity index (χ4n) is 4.35. The van der Waals surface area contributed by atoms with Crippen LogP contribution in [-0.2, 0) is 20.8 Å². The maximum atomic E-state index is 12.9. The standard InChI is InChI=1S/C28H29N3O5/c1-17(13-27(33)34)19-8-10-20(11-9-19)30-26(32)15-18-7-12-24(25(14-18)36-2)31-28(35)22-16-29-23-6-4-3-5-21(22)23/h3-12,14,17,22,29H,13,15-16H2,1-2H3,(H,30,32)(H,31,35)(H,33,34). The highest BCUT2D eigenvalue weighted by molar-refractivity contribution is 5.99. The summed E-state index contributed by atoms with van der Waals surface area (Å²) in [4.78, 5) is 36.4. The Morgan fingerprint density at radius 2 is 1.81 bits per heavy atom. The van der Waals surface area contributed by atoms with Gasteiger partial charge in [0.25, 0.3) is 0 Å². The van der Waals surface area contributed by atoms with Crippen molar-refractivity contribution in [2.75, 3.05) is 29.6 Å². The third-order valence-electron chi connectivity index (χ3n) is 6.28. The molecule has 4 rings (SSSR count). The van der Waals surface area contributed by atoms with Crippen molar-refractivity contribution in [2.45, 2.75) is 31.6 Å². The Hall–Kier alpha value is -4.33. The van der Waals surface area contributed by atoms with E-state index < -0.39 is 5.97 Å². The number of anilines is 3. The smallest absolute Gasteiger partial charge is 0.303 e. The number of carbonyl (C=O) groups is 3. The van der Waals surface area contributed by atoms with Crippen molar-refractivity contribution in [1.82, 2.24) is 0 Å². The van der Waals surface area contributed by atoms with Gasteiger partial charge < -0.3 is 25.8 Å². The van der Waals surface area contributed by atoms with Crippen molar-refractivity contribution in [2.24, 2.45) is 0 Å². The second-order valence-corrected chi connectivity index (χ2v) is 8.89. The van der Waals surface area contributed by atoms with Crippen LogP contribution in [-0.4, -0.2) is 36.5 Å². The molecule has 36 heavy (non-hydrogen) atoms.